The van der Waals surface area contributed by atoms with Crippen molar-refractivity contribution in [3.63, 3.8) is 0 Å². The van der Waals surface area contributed by atoms with Gasteiger partial charge in [-0.3, -0.25) is 4.57 Å². The van der Waals surface area contributed by atoms with Gasteiger partial charge in [-0.15, -0.1) is 0 Å². The molecule has 1 unspecified atom stereocenters. The van der Waals surface area contributed by atoms with Crippen molar-refractivity contribution < 1.29 is 42.0 Å². The third-order valence-electron chi connectivity index (χ3n) is 13.1. The average molecular weight is 1000 g/mol. The van der Waals surface area contributed by atoms with Crippen molar-refractivity contribution in [1.82, 2.24) is 24.2 Å². The van der Waals surface area contributed by atoms with E-state index in [2.05, 4.69) is 89.4 Å². The molecule has 7 rings (SSSR count). The molecule has 0 N–H and O–H groups in total. The Morgan fingerprint density at radius 1 is 0.817 bits per heavy atom. The van der Waals surface area contributed by atoms with E-state index >= 15 is 0 Å². The fraction of sp³-hybridized carbons (Fsp3) is 0.426. The number of benzene rings is 4. The van der Waals surface area contributed by atoms with Crippen molar-refractivity contribution >= 4 is 34.0 Å². The first-order valence-electron chi connectivity index (χ1n) is 24.0. The molecule has 1 aliphatic rings. The molecule has 1 aliphatic heterocycles. The van der Waals surface area contributed by atoms with Gasteiger partial charge in [0.2, 0.25) is 0 Å². The fourth-order valence-electron chi connectivity index (χ4n) is 8.50. The number of carbonyl (C=O) groups excluding carboxylic acids is 1. The summed E-state index contributed by atoms with van der Waals surface area (Å²) in [6.07, 6.45) is 0.0127. The van der Waals surface area contributed by atoms with Crippen LogP contribution in [-0.2, 0) is 39.9 Å². The average Bonchev–Trinajstić information content (AvgIpc) is 3.94. The van der Waals surface area contributed by atoms with Crippen LogP contribution < -0.4 is 9.47 Å². The van der Waals surface area contributed by atoms with E-state index in [0.717, 1.165) is 16.7 Å². The summed E-state index contributed by atoms with van der Waals surface area (Å²) in [6, 6.07) is 37.0. The third-order valence-corrected chi connectivity index (χ3v) is 19.7. The van der Waals surface area contributed by atoms with E-state index in [1.54, 1.807) is 44.8 Å². The molecule has 3 heterocycles. The maximum atomic E-state index is 13.1. The molecule has 376 valence electrons. The van der Waals surface area contributed by atoms with E-state index in [9.17, 15) is 10.1 Å². The summed E-state index contributed by atoms with van der Waals surface area (Å²) in [7, 11) is -1.19. The molecule has 0 aliphatic carbocycles. The number of hydrogen-bond donors (Lipinski definition) is 0. The van der Waals surface area contributed by atoms with Gasteiger partial charge < -0.3 is 37.2 Å². The van der Waals surface area contributed by atoms with E-state index in [0.29, 0.717) is 33.9 Å². The Morgan fingerprint density at radius 2 is 1.39 bits per heavy atom. The summed E-state index contributed by atoms with van der Waals surface area (Å²) in [5.41, 5.74) is 3.12. The lowest BCUT2D eigenvalue weighted by Gasteiger charge is -2.43. The summed E-state index contributed by atoms with van der Waals surface area (Å²) in [5.74, 6) is 0.919. The van der Waals surface area contributed by atoms with Crippen LogP contribution in [0.3, 0.4) is 0 Å². The molecule has 71 heavy (non-hydrogen) atoms. The highest BCUT2D eigenvalue weighted by atomic mass is 31.2. The fourth-order valence-corrected chi connectivity index (χ4v) is 11.6. The highest BCUT2D eigenvalue weighted by Crippen LogP contribution is 2.53. The van der Waals surface area contributed by atoms with Crippen molar-refractivity contribution in [2.24, 2.45) is 0 Å². The van der Waals surface area contributed by atoms with Gasteiger partial charge >= 0.3 is 5.97 Å². The highest BCUT2D eigenvalue weighted by Gasteiger charge is 2.54. The van der Waals surface area contributed by atoms with Gasteiger partial charge in [0.25, 0.3) is 8.53 Å². The van der Waals surface area contributed by atoms with Crippen LogP contribution in [0.15, 0.2) is 122 Å². The first kappa shape index (κ1) is 53.2. The molecule has 4 aromatic carbocycles. The smallest absolute Gasteiger partial charge is 0.338 e. The second-order valence-corrected chi connectivity index (χ2v) is 25.6. The largest absolute Gasteiger partial charge is 0.497 e. The van der Waals surface area contributed by atoms with Gasteiger partial charge in [-0.05, 0) is 98.9 Å². The number of nitrogens with zero attached hydrogens (tertiary/aromatic N) is 6. The first-order valence-corrected chi connectivity index (χ1v) is 28.0. The van der Waals surface area contributed by atoms with Crippen LogP contribution >= 0.6 is 8.53 Å². The van der Waals surface area contributed by atoms with Crippen LogP contribution in [0, 0.1) is 11.3 Å². The normalized spacial score (nSPS) is 18.0. The Bertz CT molecular complexity index is 2640. The Kier molecular flexibility index (Phi) is 17.5. The van der Waals surface area contributed by atoms with Crippen LogP contribution in [-0.4, -0.2) is 96.3 Å². The molecule has 6 aromatic rings. The van der Waals surface area contributed by atoms with E-state index in [1.165, 1.54) is 6.33 Å². The van der Waals surface area contributed by atoms with Gasteiger partial charge in [-0.1, -0.05) is 93.6 Å². The molecule has 15 nitrogen and oxygen atoms in total. The predicted molar refractivity (Wildman–Crippen MR) is 275 cm³/mol. The number of aromatic nitrogens is 4. The van der Waals surface area contributed by atoms with Crippen molar-refractivity contribution in [3.8, 4) is 17.6 Å². The molecule has 0 radical (unpaired) electrons. The van der Waals surface area contributed by atoms with Crippen LogP contribution in [0.5, 0.6) is 11.5 Å². The first-order chi connectivity index (χ1) is 34.0. The molecule has 5 atom stereocenters. The number of carbonyl (C=O) groups is 1. The monoisotopic (exact) mass is 1000 g/mol. The Hall–Kier alpha value is -5.60. The van der Waals surface area contributed by atoms with E-state index < -0.39 is 53.0 Å². The number of nitriles is 1. The minimum Gasteiger partial charge on any atom is -0.497 e. The highest BCUT2D eigenvalue weighted by molar-refractivity contribution is 7.44. The van der Waals surface area contributed by atoms with Gasteiger partial charge in [-0.2, -0.15) is 5.26 Å². The number of hydrogen-bond acceptors (Lipinski definition) is 14. The van der Waals surface area contributed by atoms with Crippen LogP contribution in [0.4, 0.5) is 0 Å². The molecule has 2 aromatic heterocycles. The van der Waals surface area contributed by atoms with Gasteiger partial charge in [-0.25, -0.2) is 24.4 Å². The zero-order valence-electron chi connectivity index (χ0n) is 42.6. The zero-order valence-corrected chi connectivity index (χ0v) is 44.5. The predicted octanol–water partition coefficient (Wildman–Crippen LogP) is 11.2. The second kappa shape index (κ2) is 23.3. The number of esters is 1. The summed E-state index contributed by atoms with van der Waals surface area (Å²) in [6.45, 7) is 19.5. The standard InChI is InChI=1S/C54H67N6O9PSi/c1-37(2)60(38(3)4)70(66-32-18-31-55)68-49-48(69-71(10,11)53(5,6)7)46(67-51(49)59-36-58-47-45(56-35-57-50(47)59)33-64-52(61)39-19-14-12-15-20-39)34-65-54(40-21-16-13-17-22-40,41-23-27-43(62-8)28-24-41)42-25-29-44(63-9)30-26-42/h12-17,19-30,35-38,46,48-49,51H,18,32-34H2,1-11H3/t46-,48-,49-,51-,70?/m1/s1. The van der Waals surface area contributed by atoms with Crippen LogP contribution in [0.1, 0.15) is 93.9 Å². The van der Waals surface area contributed by atoms with Gasteiger partial charge in [0, 0.05) is 12.1 Å². The molecule has 0 amide bonds. The van der Waals surface area contributed by atoms with Crippen molar-refractivity contribution in [2.75, 3.05) is 27.4 Å². The van der Waals surface area contributed by atoms with Gasteiger partial charge in [0.05, 0.1) is 51.8 Å². The molecular formula is C54H67N6O9PSi. The lowest BCUT2D eigenvalue weighted by Crippen LogP contribution is -2.51. The Balaban J connectivity index is 1.39. The second-order valence-electron chi connectivity index (χ2n) is 19.4. The zero-order chi connectivity index (χ0) is 50.9. The third kappa shape index (κ3) is 11.9. The lowest BCUT2D eigenvalue weighted by atomic mass is 9.80. The van der Waals surface area contributed by atoms with E-state index in [-0.39, 0.29) is 43.4 Å². The Labute approximate surface area is 420 Å². The maximum absolute atomic E-state index is 13.1. The number of imidazole rings is 1. The number of ether oxygens (including phenoxy) is 5. The molecule has 1 saturated heterocycles. The van der Waals surface area contributed by atoms with Crippen molar-refractivity contribution in [1.29, 1.82) is 5.26 Å². The molecule has 0 bridgehead atoms. The molecule has 17 heteroatoms. The summed E-state index contributed by atoms with van der Waals surface area (Å²) < 4.78 is 57.5. The van der Waals surface area contributed by atoms with Crippen LogP contribution in [0.2, 0.25) is 18.1 Å². The van der Waals surface area contributed by atoms with Crippen LogP contribution in [0.25, 0.3) is 11.2 Å². The minimum absolute atomic E-state index is 0.00584. The SMILES string of the molecule is COc1ccc(C(OC[C@H]2O[C@@H](n3cnc4c(COC(=O)c5ccccc5)ncnc43)[C@H](OP(OCCC#N)N(C(C)C)C(C)C)[C@@H]2O[Si](C)(C)C(C)(C)C)(c2ccccc2)c2ccc(OC)cc2)cc1. The summed E-state index contributed by atoms with van der Waals surface area (Å²) in [5, 5.41) is 9.43. The topological polar surface area (TPSA) is 162 Å². The molecular weight excluding hydrogens is 936 g/mol. The molecule has 1 fully saturated rings. The van der Waals surface area contributed by atoms with Gasteiger partial charge in [0.15, 0.2) is 20.2 Å². The molecule has 0 saturated carbocycles. The number of methoxy groups -OCH3 is 2. The quantitative estimate of drug-likeness (QED) is 0.0208. The number of rotatable bonds is 22. The molecule has 0 spiro atoms. The van der Waals surface area contributed by atoms with E-state index in [1.807, 2.05) is 77.4 Å². The summed E-state index contributed by atoms with van der Waals surface area (Å²) in [4.78, 5) is 27.2. The van der Waals surface area contributed by atoms with E-state index in [4.69, 9.17) is 47.1 Å². The number of fused-ring (bicyclic) bond motifs is 1. The van der Waals surface area contributed by atoms with Gasteiger partial charge in [0.1, 0.15) is 59.6 Å². The Morgan fingerprint density at radius 3 is 1.94 bits per heavy atom. The van der Waals surface area contributed by atoms with Crippen molar-refractivity contribution in [3.05, 3.63) is 150 Å². The summed E-state index contributed by atoms with van der Waals surface area (Å²) >= 11 is 0. The minimum atomic E-state index is -2.65. The maximum Gasteiger partial charge on any atom is 0.338 e. The van der Waals surface area contributed by atoms with Crippen molar-refractivity contribution in [2.45, 2.75) is 122 Å². The lowest BCUT2D eigenvalue weighted by molar-refractivity contribution is -0.0928.